The number of hydrogen-bond donors (Lipinski definition) is 1. The van der Waals surface area contributed by atoms with Gasteiger partial charge in [0.15, 0.2) is 0 Å². The van der Waals surface area contributed by atoms with Gasteiger partial charge in [0, 0.05) is 6.42 Å². The molecule has 1 nitrogen and oxygen atoms in total. The number of rotatable bonds is 2. The lowest BCUT2D eigenvalue weighted by Gasteiger charge is -1.85. The topological polar surface area (TPSA) is 20.2 Å². The molecular weight excluding hydrogens is 120 g/mol. The van der Waals surface area contributed by atoms with Crippen LogP contribution in [0.25, 0.3) is 0 Å². The molecule has 0 aliphatic heterocycles. The largest absolute Gasteiger partial charge is 0.390 e. The Morgan fingerprint density at radius 2 is 2.62 bits per heavy atom. The molecule has 0 saturated carbocycles. The molecule has 8 heavy (non-hydrogen) atoms. The number of aliphatic hydroxyl groups is 1. The van der Waals surface area contributed by atoms with Crippen LogP contribution in [0.5, 0.6) is 0 Å². The van der Waals surface area contributed by atoms with Crippen LogP contribution in [0.1, 0.15) is 5.56 Å². The highest BCUT2D eigenvalue weighted by atomic mass is 32.1. The van der Waals surface area contributed by atoms with E-state index < -0.39 is 0 Å². The van der Waals surface area contributed by atoms with Crippen molar-refractivity contribution in [2.24, 2.45) is 0 Å². The van der Waals surface area contributed by atoms with Crippen molar-refractivity contribution in [2.75, 3.05) is 0 Å². The molecule has 1 aromatic heterocycles. The first kappa shape index (κ1) is 5.79. The van der Waals surface area contributed by atoms with Gasteiger partial charge < -0.3 is 5.11 Å². The molecule has 1 radical (unpaired) electrons. The minimum Gasteiger partial charge on any atom is -0.390 e. The molecule has 1 N–H and O–H groups in total. The highest BCUT2D eigenvalue weighted by Gasteiger charge is 1.88. The summed E-state index contributed by atoms with van der Waals surface area (Å²) in [4.78, 5) is 0. The fourth-order valence-corrected chi connectivity index (χ4v) is 1.20. The van der Waals surface area contributed by atoms with Crippen molar-refractivity contribution in [1.82, 2.24) is 0 Å². The number of aliphatic hydroxyl groups excluding tert-OH is 1. The van der Waals surface area contributed by atoms with Crippen LogP contribution < -0.4 is 0 Å². The van der Waals surface area contributed by atoms with Gasteiger partial charge in [-0.3, -0.25) is 0 Å². The van der Waals surface area contributed by atoms with Crippen LogP contribution in [0, 0.1) is 6.61 Å². The molecule has 0 amide bonds. The quantitative estimate of drug-likeness (QED) is 0.642. The highest BCUT2D eigenvalue weighted by Crippen LogP contribution is 2.06. The third-order valence-corrected chi connectivity index (χ3v) is 1.64. The van der Waals surface area contributed by atoms with E-state index in [-0.39, 0.29) is 0 Å². The van der Waals surface area contributed by atoms with Crippen molar-refractivity contribution in [2.45, 2.75) is 6.42 Å². The van der Waals surface area contributed by atoms with E-state index in [1.807, 2.05) is 16.8 Å². The molecule has 0 atom stereocenters. The first-order valence-electron chi connectivity index (χ1n) is 2.40. The summed E-state index contributed by atoms with van der Waals surface area (Å²) in [7, 11) is 0. The summed E-state index contributed by atoms with van der Waals surface area (Å²) in [6.07, 6.45) is 0.670. The van der Waals surface area contributed by atoms with E-state index in [1.165, 1.54) is 12.2 Å². The fraction of sp³-hybridized carbons (Fsp3) is 0.167. The molecular formula is C6H7OS. The lowest BCUT2D eigenvalue weighted by molar-refractivity contribution is 0.385. The van der Waals surface area contributed by atoms with E-state index >= 15 is 0 Å². The van der Waals surface area contributed by atoms with Crippen LogP contribution in [0.2, 0.25) is 0 Å². The van der Waals surface area contributed by atoms with Crippen molar-refractivity contribution in [1.29, 1.82) is 0 Å². The van der Waals surface area contributed by atoms with E-state index in [9.17, 15) is 0 Å². The normalized spacial score (nSPS) is 9.62. The van der Waals surface area contributed by atoms with Gasteiger partial charge in [-0.05, 0) is 22.4 Å². The highest BCUT2D eigenvalue weighted by molar-refractivity contribution is 7.07. The first-order valence-corrected chi connectivity index (χ1v) is 3.34. The van der Waals surface area contributed by atoms with Crippen molar-refractivity contribution in [3.05, 3.63) is 29.0 Å². The van der Waals surface area contributed by atoms with E-state index in [0.717, 1.165) is 0 Å². The van der Waals surface area contributed by atoms with Crippen molar-refractivity contribution >= 4 is 11.3 Å². The Bertz CT molecular complexity index is 134. The Labute approximate surface area is 52.6 Å². The second kappa shape index (κ2) is 2.84. The van der Waals surface area contributed by atoms with Gasteiger partial charge in [-0.1, -0.05) is 0 Å². The Morgan fingerprint density at radius 1 is 1.75 bits per heavy atom. The molecule has 1 heterocycles. The molecule has 0 unspecified atom stereocenters. The third-order valence-electron chi connectivity index (χ3n) is 0.907. The summed E-state index contributed by atoms with van der Waals surface area (Å²) in [5.74, 6) is 0. The standard InChI is InChI=1S/C6H7OS/c7-3-1-6-2-4-8-5-6/h2-5,7H,1H2. The molecule has 0 spiro atoms. The van der Waals surface area contributed by atoms with E-state index in [0.29, 0.717) is 6.42 Å². The number of thiophene rings is 1. The van der Waals surface area contributed by atoms with Gasteiger partial charge in [-0.25, -0.2) is 0 Å². The Hall–Kier alpha value is -0.340. The van der Waals surface area contributed by atoms with Gasteiger partial charge in [-0.2, -0.15) is 11.3 Å². The molecule has 1 aromatic rings. The molecule has 0 bridgehead atoms. The van der Waals surface area contributed by atoms with Gasteiger partial charge >= 0.3 is 0 Å². The molecule has 0 aromatic carbocycles. The summed E-state index contributed by atoms with van der Waals surface area (Å²) in [6, 6.07) is 2.00. The zero-order chi connectivity index (χ0) is 5.82. The van der Waals surface area contributed by atoms with Crippen molar-refractivity contribution in [3.8, 4) is 0 Å². The summed E-state index contributed by atoms with van der Waals surface area (Å²) in [5, 5.41) is 12.3. The maximum absolute atomic E-state index is 8.32. The Balaban J connectivity index is 2.50. The zero-order valence-corrected chi connectivity index (χ0v) is 5.19. The van der Waals surface area contributed by atoms with Crippen molar-refractivity contribution < 1.29 is 5.11 Å². The van der Waals surface area contributed by atoms with Crippen LogP contribution in [0.3, 0.4) is 0 Å². The van der Waals surface area contributed by atoms with Crippen molar-refractivity contribution in [3.63, 3.8) is 0 Å². The van der Waals surface area contributed by atoms with Gasteiger partial charge in [0.1, 0.15) is 0 Å². The van der Waals surface area contributed by atoms with E-state index in [2.05, 4.69) is 0 Å². The summed E-state index contributed by atoms with van der Waals surface area (Å²) < 4.78 is 0. The Morgan fingerprint density at radius 3 is 3.12 bits per heavy atom. The van der Waals surface area contributed by atoms with Crippen LogP contribution in [-0.2, 0) is 6.42 Å². The van der Waals surface area contributed by atoms with Gasteiger partial charge in [0.05, 0.1) is 6.61 Å². The van der Waals surface area contributed by atoms with Crippen LogP contribution >= 0.6 is 11.3 Å². The maximum Gasteiger partial charge on any atom is 0.0842 e. The third kappa shape index (κ3) is 1.32. The molecule has 0 aliphatic carbocycles. The summed E-state index contributed by atoms with van der Waals surface area (Å²) >= 11 is 1.65. The van der Waals surface area contributed by atoms with Crippen LogP contribution in [0.4, 0.5) is 0 Å². The van der Waals surface area contributed by atoms with Crippen LogP contribution in [0.15, 0.2) is 16.8 Å². The van der Waals surface area contributed by atoms with Crippen LogP contribution in [-0.4, -0.2) is 5.11 Å². The zero-order valence-electron chi connectivity index (χ0n) is 4.37. The predicted molar refractivity (Wildman–Crippen MR) is 34.3 cm³/mol. The second-order valence-corrected chi connectivity index (χ2v) is 2.30. The Kier molecular flexibility index (Phi) is 2.06. The average molecular weight is 127 g/mol. The second-order valence-electron chi connectivity index (χ2n) is 1.52. The minimum absolute atomic E-state index is 0.670. The average Bonchev–Trinajstić information content (AvgIpc) is 2.19. The number of hydrogen-bond acceptors (Lipinski definition) is 2. The lowest BCUT2D eigenvalue weighted by Crippen LogP contribution is -1.78. The monoisotopic (exact) mass is 127 g/mol. The first-order chi connectivity index (χ1) is 3.93. The minimum atomic E-state index is 0.670. The van der Waals surface area contributed by atoms with Gasteiger partial charge in [0.25, 0.3) is 0 Å². The molecule has 0 saturated heterocycles. The van der Waals surface area contributed by atoms with E-state index in [4.69, 9.17) is 5.11 Å². The summed E-state index contributed by atoms with van der Waals surface area (Å²) in [5.41, 5.74) is 1.18. The lowest BCUT2D eigenvalue weighted by atomic mass is 10.3. The smallest absolute Gasteiger partial charge is 0.0842 e. The van der Waals surface area contributed by atoms with Gasteiger partial charge in [0.2, 0.25) is 0 Å². The molecule has 1 rings (SSSR count). The van der Waals surface area contributed by atoms with E-state index in [1.54, 1.807) is 11.3 Å². The molecule has 43 valence electrons. The molecule has 2 heteroatoms. The predicted octanol–water partition coefficient (Wildman–Crippen LogP) is 1.82. The summed E-state index contributed by atoms with van der Waals surface area (Å²) in [6.45, 7) is 1.17. The molecule has 0 fully saturated rings. The SMILES string of the molecule is O[CH]Cc1ccsc1. The fourth-order valence-electron chi connectivity index (χ4n) is 0.514. The van der Waals surface area contributed by atoms with Gasteiger partial charge in [-0.15, -0.1) is 0 Å². The maximum atomic E-state index is 8.32. The molecule has 0 aliphatic rings.